The Labute approximate surface area is 107 Å². The van der Waals surface area contributed by atoms with E-state index in [0.29, 0.717) is 26.0 Å². The van der Waals surface area contributed by atoms with Crippen molar-refractivity contribution in [2.75, 3.05) is 19.8 Å². The van der Waals surface area contributed by atoms with Crippen LogP contribution in [0.2, 0.25) is 0 Å². The maximum absolute atomic E-state index is 12.0. The number of ether oxygens (including phenoxy) is 1. The highest BCUT2D eigenvalue weighted by molar-refractivity contribution is 6.07. The van der Waals surface area contributed by atoms with Crippen molar-refractivity contribution < 1.29 is 14.7 Å². The van der Waals surface area contributed by atoms with E-state index in [9.17, 15) is 4.79 Å². The fourth-order valence-electron chi connectivity index (χ4n) is 2.17. The van der Waals surface area contributed by atoms with E-state index < -0.39 is 5.41 Å². The van der Waals surface area contributed by atoms with E-state index >= 15 is 0 Å². The Balaban J connectivity index is 1.69. The normalized spacial score (nSPS) is 22.3. The molecule has 0 atom stereocenters. The zero-order valence-electron chi connectivity index (χ0n) is 10.5. The average molecular weight is 255 g/mol. The first-order valence-corrected chi connectivity index (χ1v) is 6.53. The monoisotopic (exact) mass is 255 g/mol. The van der Waals surface area contributed by atoms with Gasteiger partial charge in [0, 0.05) is 13.2 Å². The van der Waals surface area contributed by atoms with Crippen LogP contribution in [0.3, 0.4) is 0 Å². The highest BCUT2D eigenvalue weighted by Gasteiger charge is 2.48. The Morgan fingerprint density at radius 1 is 1.50 bits per heavy atom. The first kappa shape index (κ1) is 13.1. The molecule has 2 saturated carbocycles. The first-order valence-electron chi connectivity index (χ1n) is 6.53. The number of amidine groups is 1. The van der Waals surface area contributed by atoms with Crippen molar-refractivity contribution >= 4 is 11.7 Å². The maximum atomic E-state index is 12.0. The Kier molecular flexibility index (Phi) is 4.06. The molecular weight excluding hydrogens is 234 g/mol. The van der Waals surface area contributed by atoms with Gasteiger partial charge < -0.3 is 21.0 Å². The third-order valence-corrected chi connectivity index (χ3v) is 3.82. The van der Waals surface area contributed by atoms with E-state index in [0.717, 1.165) is 18.9 Å². The van der Waals surface area contributed by atoms with Gasteiger partial charge in [-0.25, -0.2) is 0 Å². The molecule has 0 radical (unpaired) electrons. The lowest BCUT2D eigenvalue weighted by molar-refractivity contribution is -0.131. The summed E-state index contributed by atoms with van der Waals surface area (Å²) in [5.41, 5.74) is 4.81. The third kappa shape index (κ3) is 2.75. The topological polar surface area (TPSA) is 96.9 Å². The molecule has 0 spiro atoms. The molecule has 18 heavy (non-hydrogen) atoms. The number of rotatable bonds is 7. The molecule has 6 heteroatoms. The van der Waals surface area contributed by atoms with Crippen LogP contribution < -0.4 is 11.1 Å². The van der Waals surface area contributed by atoms with Crippen molar-refractivity contribution in [1.29, 1.82) is 0 Å². The molecule has 2 rings (SSSR count). The van der Waals surface area contributed by atoms with Gasteiger partial charge in [0.25, 0.3) is 0 Å². The van der Waals surface area contributed by atoms with Crippen LogP contribution in [0, 0.1) is 11.3 Å². The van der Waals surface area contributed by atoms with Crippen molar-refractivity contribution in [3.63, 3.8) is 0 Å². The highest BCUT2D eigenvalue weighted by atomic mass is 16.5. The standard InChI is InChI=1S/C12H21N3O3/c13-10(15-17)12(4-1-5-12)11(16)14-6-7-18-8-9-2-3-9/h9,17H,1-8H2,(H2,13,15)(H,14,16). The van der Waals surface area contributed by atoms with Gasteiger partial charge in [0.2, 0.25) is 5.91 Å². The number of amides is 1. The van der Waals surface area contributed by atoms with Gasteiger partial charge in [-0.1, -0.05) is 11.6 Å². The molecule has 0 unspecified atom stereocenters. The van der Waals surface area contributed by atoms with Gasteiger partial charge in [-0.15, -0.1) is 0 Å². The molecular formula is C12H21N3O3. The summed E-state index contributed by atoms with van der Waals surface area (Å²) < 4.78 is 5.43. The fourth-order valence-corrected chi connectivity index (χ4v) is 2.17. The van der Waals surface area contributed by atoms with Crippen LogP contribution in [0.5, 0.6) is 0 Å². The summed E-state index contributed by atoms with van der Waals surface area (Å²) in [4.78, 5) is 12.0. The van der Waals surface area contributed by atoms with Gasteiger partial charge in [-0.2, -0.15) is 0 Å². The van der Waals surface area contributed by atoms with E-state index in [-0.39, 0.29) is 11.7 Å². The summed E-state index contributed by atoms with van der Waals surface area (Å²) in [5.74, 6) is 0.597. The maximum Gasteiger partial charge on any atom is 0.234 e. The number of nitrogens with one attached hydrogen (secondary N) is 1. The molecule has 102 valence electrons. The van der Waals surface area contributed by atoms with Crippen LogP contribution in [0.25, 0.3) is 0 Å². The van der Waals surface area contributed by atoms with Gasteiger partial charge in [0.05, 0.1) is 6.61 Å². The van der Waals surface area contributed by atoms with Gasteiger partial charge in [0.1, 0.15) is 5.41 Å². The molecule has 0 aromatic rings. The van der Waals surface area contributed by atoms with Crippen LogP contribution in [0.1, 0.15) is 32.1 Å². The van der Waals surface area contributed by atoms with E-state index in [1.165, 1.54) is 12.8 Å². The van der Waals surface area contributed by atoms with Crippen LogP contribution in [-0.4, -0.2) is 36.7 Å². The van der Waals surface area contributed by atoms with Crippen LogP contribution >= 0.6 is 0 Å². The predicted octanol–water partition coefficient (Wildman–Crippen LogP) is 0.446. The quantitative estimate of drug-likeness (QED) is 0.202. The van der Waals surface area contributed by atoms with Gasteiger partial charge in [0.15, 0.2) is 5.84 Å². The number of hydrogen-bond donors (Lipinski definition) is 3. The minimum Gasteiger partial charge on any atom is -0.409 e. The van der Waals surface area contributed by atoms with E-state index in [1.807, 2.05) is 0 Å². The second-order valence-corrected chi connectivity index (χ2v) is 5.20. The largest absolute Gasteiger partial charge is 0.409 e. The Morgan fingerprint density at radius 3 is 2.72 bits per heavy atom. The Morgan fingerprint density at radius 2 is 2.22 bits per heavy atom. The van der Waals surface area contributed by atoms with E-state index in [4.69, 9.17) is 15.7 Å². The minimum atomic E-state index is -0.786. The lowest BCUT2D eigenvalue weighted by atomic mass is 9.67. The predicted molar refractivity (Wildman–Crippen MR) is 66.2 cm³/mol. The minimum absolute atomic E-state index is 0.0187. The number of oxime groups is 1. The molecule has 1 amide bonds. The number of nitrogens with two attached hydrogens (primary N) is 1. The van der Waals surface area contributed by atoms with Crippen molar-refractivity contribution in [3.05, 3.63) is 0 Å². The van der Waals surface area contributed by atoms with E-state index in [1.54, 1.807) is 0 Å². The second-order valence-electron chi connectivity index (χ2n) is 5.20. The molecule has 0 aliphatic heterocycles. The summed E-state index contributed by atoms with van der Waals surface area (Å²) in [6.07, 6.45) is 4.76. The molecule has 0 saturated heterocycles. The first-order chi connectivity index (χ1) is 8.69. The second kappa shape index (κ2) is 5.56. The summed E-state index contributed by atoms with van der Waals surface area (Å²) in [6.45, 7) is 1.79. The van der Waals surface area contributed by atoms with Crippen LogP contribution in [0.4, 0.5) is 0 Å². The molecule has 4 N–H and O–H groups in total. The molecule has 2 aliphatic rings. The Hall–Kier alpha value is -1.30. The van der Waals surface area contributed by atoms with Gasteiger partial charge in [-0.3, -0.25) is 4.79 Å². The number of carbonyl (C=O) groups is 1. The molecule has 0 aromatic heterocycles. The summed E-state index contributed by atoms with van der Waals surface area (Å²) in [6, 6.07) is 0. The summed E-state index contributed by atoms with van der Waals surface area (Å²) in [5, 5.41) is 14.5. The molecule has 2 aliphatic carbocycles. The van der Waals surface area contributed by atoms with Gasteiger partial charge >= 0.3 is 0 Å². The molecule has 0 bridgehead atoms. The third-order valence-electron chi connectivity index (χ3n) is 3.82. The number of carbonyl (C=O) groups excluding carboxylic acids is 1. The van der Waals surface area contributed by atoms with E-state index in [2.05, 4.69) is 10.5 Å². The number of nitrogens with zero attached hydrogens (tertiary/aromatic N) is 1. The molecule has 2 fully saturated rings. The van der Waals surface area contributed by atoms with Crippen LogP contribution in [0.15, 0.2) is 5.16 Å². The summed E-state index contributed by atoms with van der Waals surface area (Å²) in [7, 11) is 0. The highest BCUT2D eigenvalue weighted by Crippen LogP contribution is 2.41. The van der Waals surface area contributed by atoms with Crippen LogP contribution in [-0.2, 0) is 9.53 Å². The molecule has 0 heterocycles. The van der Waals surface area contributed by atoms with Gasteiger partial charge in [-0.05, 0) is 31.6 Å². The van der Waals surface area contributed by atoms with Crippen molar-refractivity contribution in [2.24, 2.45) is 22.2 Å². The average Bonchev–Trinajstić information content (AvgIpc) is 3.10. The van der Waals surface area contributed by atoms with Crippen molar-refractivity contribution in [2.45, 2.75) is 32.1 Å². The smallest absolute Gasteiger partial charge is 0.234 e. The molecule has 6 nitrogen and oxygen atoms in total. The summed E-state index contributed by atoms with van der Waals surface area (Å²) >= 11 is 0. The zero-order valence-corrected chi connectivity index (χ0v) is 10.5. The fraction of sp³-hybridized carbons (Fsp3) is 0.833. The molecule has 0 aromatic carbocycles. The van der Waals surface area contributed by atoms with Crippen molar-refractivity contribution in [3.8, 4) is 0 Å². The SMILES string of the molecule is NC(=NO)C1(C(=O)NCCOCC2CC2)CCC1. The lowest BCUT2D eigenvalue weighted by Crippen LogP contribution is -2.54. The van der Waals surface area contributed by atoms with Crippen molar-refractivity contribution in [1.82, 2.24) is 5.32 Å². The lowest BCUT2D eigenvalue weighted by Gasteiger charge is -2.38. The zero-order chi connectivity index (χ0) is 13.0. The Bertz CT molecular complexity index is 335. The number of hydrogen-bond acceptors (Lipinski definition) is 4.